The van der Waals surface area contributed by atoms with E-state index in [4.69, 9.17) is 0 Å². The fourth-order valence-corrected chi connectivity index (χ4v) is 1.72. The SMILES string of the molecule is Cc1ccccc1C(O)CNC(=O)NC(C)C(C)(C)C. The Kier molecular flexibility index (Phi) is 5.57. The summed E-state index contributed by atoms with van der Waals surface area (Å²) in [5, 5.41) is 15.7. The van der Waals surface area contributed by atoms with E-state index in [1.807, 2.05) is 38.1 Å². The highest BCUT2D eigenvalue weighted by molar-refractivity contribution is 5.74. The number of aliphatic hydroxyl groups is 1. The fourth-order valence-electron chi connectivity index (χ4n) is 1.72. The zero-order chi connectivity index (χ0) is 15.3. The molecule has 1 rings (SSSR count). The number of hydrogen-bond donors (Lipinski definition) is 3. The molecule has 112 valence electrons. The minimum Gasteiger partial charge on any atom is -0.387 e. The molecular formula is C16H26N2O2. The van der Waals surface area contributed by atoms with Gasteiger partial charge in [0.1, 0.15) is 0 Å². The zero-order valence-electron chi connectivity index (χ0n) is 13.0. The first-order chi connectivity index (χ1) is 9.21. The first-order valence-electron chi connectivity index (χ1n) is 6.99. The quantitative estimate of drug-likeness (QED) is 0.793. The molecule has 2 amide bonds. The number of urea groups is 1. The highest BCUT2D eigenvalue weighted by Crippen LogP contribution is 2.18. The molecule has 0 radical (unpaired) electrons. The van der Waals surface area contributed by atoms with Gasteiger partial charge in [-0.3, -0.25) is 0 Å². The summed E-state index contributed by atoms with van der Waals surface area (Å²) in [5.41, 5.74) is 1.87. The summed E-state index contributed by atoms with van der Waals surface area (Å²) < 4.78 is 0. The fraction of sp³-hybridized carbons (Fsp3) is 0.562. The van der Waals surface area contributed by atoms with Crippen LogP contribution in [0.25, 0.3) is 0 Å². The van der Waals surface area contributed by atoms with Crippen LogP contribution in [0.15, 0.2) is 24.3 Å². The number of aliphatic hydroxyl groups excluding tert-OH is 1. The van der Waals surface area contributed by atoms with Crippen LogP contribution in [0.4, 0.5) is 4.79 Å². The number of carbonyl (C=O) groups excluding carboxylic acids is 1. The van der Waals surface area contributed by atoms with Crippen molar-refractivity contribution in [3.05, 3.63) is 35.4 Å². The molecule has 0 fully saturated rings. The molecule has 0 heterocycles. The first-order valence-corrected chi connectivity index (χ1v) is 6.99. The Labute approximate surface area is 121 Å². The third-order valence-electron chi connectivity index (χ3n) is 3.65. The van der Waals surface area contributed by atoms with Crippen LogP contribution in [-0.2, 0) is 0 Å². The van der Waals surface area contributed by atoms with E-state index >= 15 is 0 Å². The number of nitrogens with one attached hydrogen (secondary N) is 2. The molecule has 3 N–H and O–H groups in total. The van der Waals surface area contributed by atoms with Gasteiger partial charge in [-0.1, -0.05) is 45.0 Å². The molecule has 0 bridgehead atoms. The van der Waals surface area contributed by atoms with Crippen molar-refractivity contribution < 1.29 is 9.90 Å². The lowest BCUT2D eigenvalue weighted by atomic mass is 9.88. The van der Waals surface area contributed by atoms with Gasteiger partial charge < -0.3 is 15.7 Å². The molecule has 0 aliphatic heterocycles. The maximum Gasteiger partial charge on any atom is 0.315 e. The highest BCUT2D eigenvalue weighted by Gasteiger charge is 2.21. The van der Waals surface area contributed by atoms with Gasteiger partial charge in [0.15, 0.2) is 0 Å². The Bertz CT molecular complexity index is 452. The van der Waals surface area contributed by atoms with Gasteiger partial charge in [-0.2, -0.15) is 0 Å². The monoisotopic (exact) mass is 278 g/mol. The summed E-state index contributed by atoms with van der Waals surface area (Å²) in [6.07, 6.45) is -0.688. The Hall–Kier alpha value is -1.55. The summed E-state index contributed by atoms with van der Waals surface area (Å²) in [6.45, 7) is 10.3. The number of rotatable bonds is 4. The van der Waals surface area contributed by atoms with Gasteiger partial charge >= 0.3 is 6.03 Å². The molecule has 4 heteroatoms. The van der Waals surface area contributed by atoms with E-state index in [1.165, 1.54) is 0 Å². The van der Waals surface area contributed by atoms with Crippen LogP contribution in [0.5, 0.6) is 0 Å². The van der Waals surface area contributed by atoms with Gasteiger partial charge in [-0.15, -0.1) is 0 Å². The first kappa shape index (κ1) is 16.5. The standard InChI is InChI=1S/C16H26N2O2/c1-11-8-6-7-9-13(11)14(19)10-17-15(20)18-12(2)16(3,4)5/h6-9,12,14,19H,10H2,1-5H3,(H2,17,18,20). The van der Waals surface area contributed by atoms with Crippen molar-refractivity contribution in [1.29, 1.82) is 0 Å². The van der Waals surface area contributed by atoms with Crippen LogP contribution < -0.4 is 10.6 Å². The van der Waals surface area contributed by atoms with Crippen LogP contribution in [0.3, 0.4) is 0 Å². The minimum absolute atomic E-state index is 0.00593. The van der Waals surface area contributed by atoms with E-state index in [9.17, 15) is 9.90 Å². The van der Waals surface area contributed by atoms with E-state index in [2.05, 4.69) is 31.4 Å². The van der Waals surface area contributed by atoms with Crippen molar-refractivity contribution in [2.24, 2.45) is 5.41 Å². The lowest BCUT2D eigenvalue weighted by molar-refractivity contribution is 0.170. The third kappa shape index (κ3) is 4.85. The molecule has 1 aromatic carbocycles. The van der Waals surface area contributed by atoms with E-state index in [0.717, 1.165) is 11.1 Å². The van der Waals surface area contributed by atoms with Crippen molar-refractivity contribution in [1.82, 2.24) is 10.6 Å². The number of carbonyl (C=O) groups is 1. The normalized spacial score (nSPS) is 14.5. The largest absolute Gasteiger partial charge is 0.387 e. The molecule has 0 aliphatic rings. The summed E-state index contributed by atoms with van der Waals surface area (Å²) in [7, 11) is 0. The van der Waals surface area contributed by atoms with Crippen molar-refractivity contribution in [2.45, 2.75) is 46.8 Å². The molecule has 0 spiro atoms. The molecule has 1 aromatic rings. The maximum atomic E-state index is 11.8. The number of amides is 2. The van der Waals surface area contributed by atoms with Gasteiger partial charge in [0, 0.05) is 12.6 Å². The topological polar surface area (TPSA) is 61.4 Å². The van der Waals surface area contributed by atoms with Crippen LogP contribution >= 0.6 is 0 Å². The van der Waals surface area contributed by atoms with Gasteiger partial charge in [-0.05, 0) is 30.4 Å². The molecule has 0 aliphatic carbocycles. The minimum atomic E-state index is -0.688. The lowest BCUT2D eigenvalue weighted by Gasteiger charge is -2.28. The lowest BCUT2D eigenvalue weighted by Crippen LogP contribution is -2.47. The molecule has 0 aromatic heterocycles. The zero-order valence-corrected chi connectivity index (χ0v) is 13.0. The van der Waals surface area contributed by atoms with E-state index in [-0.39, 0.29) is 24.0 Å². The van der Waals surface area contributed by atoms with Crippen LogP contribution in [0.1, 0.15) is 44.9 Å². The Morgan fingerprint density at radius 3 is 2.45 bits per heavy atom. The molecule has 20 heavy (non-hydrogen) atoms. The van der Waals surface area contributed by atoms with Crippen LogP contribution in [0, 0.1) is 12.3 Å². The average Bonchev–Trinajstić information content (AvgIpc) is 2.35. The molecule has 0 saturated heterocycles. The number of benzene rings is 1. The maximum absolute atomic E-state index is 11.8. The summed E-state index contributed by atoms with van der Waals surface area (Å²) in [6, 6.07) is 7.43. The summed E-state index contributed by atoms with van der Waals surface area (Å²) in [4.78, 5) is 11.8. The van der Waals surface area contributed by atoms with Gasteiger partial charge in [-0.25, -0.2) is 4.79 Å². The smallest absolute Gasteiger partial charge is 0.315 e. The third-order valence-corrected chi connectivity index (χ3v) is 3.65. The van der Waals surface area contributed by atoms with Gasteiger partial charge in [0.2, 0.25) is 0 Å². The van der Waals surface area contributed by atoms with Crippen molar-refractivity contribution in [3.63, 3.8) is 0 Å². The Morgan fingerprint density at radius 2 is 1.90 bits per heavy atom. The van der Waals surface area contributed by atoms with E-state index < -0.39 is 6.10 Å². The Morgan fingerprint density at radius 1 is 1.30 bits per heavy atom. The summed E-state index contributed by atoms with van der Waals surface area (Å²) >= 11 is 0. The van der Waals surface area contributed by atoms with E-state index in [1.54, 1.807) is 0 Å². The molecule has 2 atom stereocenters. The average molecular weight is 278 g/mol. The molecule has 2 unspecified atom stereocenters. The number of aryl methyl sites for hydroxylation is 1. The van der Waals surface area contributed by atoms with Crippen molar-refractivity contribution >= 4 is 6.03 Å². The predicted octanol–water partition coefficient (Wildman–Crippen LogP) is 2.76. The Balaban J connectivity index is 2.48. The van der Waals surface area contributed by atoms with Crippen LogP contribution in [-0.4, -0.2) is 23.7 Å². The van der Waals surface area contributed by atoms with Gasteiger partial charge in [0.25, 0.3) is 0 Å². The van der Waals surface area contributed by atoms with Crippen molar-refractivity contribution in [3.8, 4) is 0 Å². The van der Waals surface area contributed by atoms with Crippen molar-refractivity contribution in [2.75, 3.05) is 6.54 Å². The van der Waals surface area contributed by atoms with Gasteiger partial charge in [0.05, 0.1) is 6.10 Å². The number of hydrogen-bond acceptors (Lipinski definition) is 2. The van der Waals surface area contributed by atoms with E-state index in [0.29, 0.717) is 0 Å². The second-order valence-corrected chi connectivity index (χ2v) is 6.31. The molecule has 4 nitrogen and oxygen atoms in total. The second-order valence-electron chi connectivity index (χ2n) is 6.31. The predicted molar refractivity (Wildman–Crippen MR) is 81.6 cm³/mol. The highest BCUT2D eigenvalue weighted by atomic mass is 16.3. The second kappa shape index (κ2) is 6.75. The molecule has 0 saturated carbocycles. The molecular weight excluding hydrogens is 252 g/mol. The van der Waals surface area contributed by atoms with Crippen LogP contribution in [0.2, 0.25) is 0 Å². The summed E-state index contributed by atoms with van der Waals surface area (Å²) in [5.74, 6) is 0.